The number of esters is 1. The number of hydrogen-bond donors (Lipinski definition) is 3. The summed E-state index contributed by atoms with van der Waals surface area (Å²) in [6.45, 7) is 7.37. The summed E-state index contributed by atoms with van der Waals surface area (Å²) in [5, 5.41) is 8.17. The first-order valence-electron chi connectivity index (χ1n) is 16.8. The van der Waals surface area contributed by atoms with Gasteiger partial charge in [-0.25, -0.2) is 19.7 Å². The van der Waals surface area contributed by atoms with Gasteiger partial charge in [0.05, 0.1) is 16.3 Å². The molecule has 3 aromatic rings. The van der Waals surface area contributed by atoms with Crippen LogP contribution in [0.15, 0.2) is 65.8 Å². The number of hydrazone groups is 1. The molecule has 3 aliphatic heterocycles. The molecular weight excluding hydrogens is 675 g/mol. The molecule has 2 amide bonds. The molecule has 0 radical (unpaired) electrons. The fourth-order valence-electron chi connectivity index (χ4n) is 6.58. The highest BCUT2D eigenvalue weighted by Gasteiger charge is 2.38. The minimum Gasteiger partial charge on any atom is -0.456 e. The van der Waals surface area contributed by atoms with Crippen LogP contribution in [-0.4, -0.2) is 79.3 Å². The minimum atomic E-state index is -0.996. The van der Waals surface area contributed by atoms with E-state index >= 15 is 4.39 Å². The topological polar surface area (TPSA) is 122 Å². The van der Waals surface area contributed by atoms with Crippen molar-refractivity contribution >= 4 is 58.9 Å². The molecule has 3 aliphatic rings. The summed E-state index contributed by atoms with van der Waals surface area (Å²) in [5.74, 6) is -2.09. The number of anilines is 3. The molecule has 2 atom stereocenters. The van der Waals surface area contributed by atoms with Gasteiger partial charge in [0, 0.05) is 48.7 Å². The minimum absolute atomic E-state index is 0.0637. The van der Waals surface area contributed by atoms with E-state index in [0.717, 1.165) is 36.3 Å². The lowest BCUT2D eigenvalue weighted by molar-refractivity contribution is -0.135. The van der Waals surface area contributed by atoms with Crippen LogP contribution in [0.3, 0.4) is 0 Å². The number of fused-ring (bicyclic) bond motifs is 1. The molecule has 0 unspecified atom stereocenters. The molecule has 3 N–H and O–H groups in total. The zero-order valence-corrected chi connectivity index (χ0v) is 30.0. The molecule has 6 rings (SSSR count). The molecule has 3 heterocycles. The molecule has 12 nitrogen and oxygen atoms in total. The number of halogens is 2. The van der Waals surface area contributed by atoms with Crippen LogP contribution in [0.2, 0.25) is 5.02 Å². The van der Waals surface area contributed by atoms with Crippen molar-refractivity contribution in [3.8, 4) is 0 Å². The Bertz CT molecular complexity index is 1880. The van der Waals surface area contributed by atoms with Crippen LogP contribution in [0.4, 0.5) is 21.5 Å². The highest BCUT2D eigenvalue weighted by Crippen LogP contribution is 2.38. The second kappa shape index (κ2) is 14.7. The largest absolute Gasteiger partial charge is 0.456 e. The first kappa shape index (κ1) is 35.8. The molecule has 51 heavy (non-hydrogen) atoms. The molecule has 3 aromatic carbocycles. The summed E-state index contributed by atoms with van der Waals surface area (Å²) < 4.78 is 20.8. The second-order valence-electron chi connectivity index (χ2n) is 13.9. The molecule has 268 valence electrons. The summed E-state index contributed by atoms with van der Waals surface area (Å²) >= 11 is 6.13. The number of carbonyl (C=O) groups is 3. The van der Waals surface area contributed by atoms with Gasteiger partial charge in [-0.1, -0.05) is 23.7 Å². The maximum absolute atomic E-state index is 15.4. The molecule has 0 aromatic heterocycles. The number of carbonyl (C=O) groups excluding carboxylic acids is 3. The highest BCUT2D eigenvalue weighted by molar-refractivity contribution is 6.31. The lowest BCUT2D eigenvalue weighted by Gasteiger charge is -2.38. The van der Waals surface area contributed by atoms with Crippen molar-refractivity contribution in [2.45, 2.75) is 51.3 Å². The molecule has 0 aliphatic carbocycles. The summed E-state index contributed by atoms with van der Waals surface area (Å²) in [4.78, 5) is 47.0. The van der Waals surface area contributed by atoms with Crippen LogP contribution in [0.5, 0.6) is 0 Å². The van der Waals surface area contributed by atoms with Gasteiger partial charge >= 0.3 is 5.97 Å². The fraction of sp³-hybridized carbons (Fsp3) is 0.351. The van der Waals surface area contributed by atoms with E-state index in [0.29, 0.717) is 29.4 Å². The third kappa shape index (κ3) is 7.85. The zero-order chi connectivity index (χ0) is 36.4. The number of hydrogen-bond acceptors (Lipinski definition) is 10. The molecule has 1 fully saturated rings. The molecular formula is C37H42ClFN8O4. The van der Waals surface area contributed by atoms with E-state index in [1.165, 1.54) is 34.5 Å². The van der Waals surface area contributed by atoms with Gasteiger partial charge in [-0.3, -0.25) is 9.59 Å². The number of benzene rings is 3. The van der Waals surface area contributed by atoms with Gasteiger partial charge in [0.1, 0.15) is 18.0 Å². The third-order valence-corrected chi connectivity index (χ3v) is 9.41. The predicted octanol–water partition coefficient (Wildman–Crippen LogP) is 5.13. The van der Waals surface area contributed by atoms with Crippen molar-refractivity contribution < 1.29 is 23.5 Å². The van der Waals surface area contributed by atoms with Crippen LogP contribution >= 0.6 is 11.6 Å². The molecule has 14 heteroatoms. The van der Waals surface area contributed by atoms with Crippen molar-refractivity contribution in [2.24, 2.45) is 5.10 Å². The van der Waals surface area contributed by atoms with E-state index in [1.807, 2.05) is 12.1 Å². The number of amides is 2. The van der Waals surface area contributed by atoms with Gasteiger partial charge in [0.15, 0.2) is 5.82 Å². The van der Waals surface area contributed by atoms with Crippen molar-refractivity contribution in [1.29, 1.82) is 0 Å². The van der Waals surface area contributed by atoms with E-state index in [4.69, 9.17) is 16.3 Å². The predicted molar refractivity (Wildman–Crippen MR) is 197 cm³/mol. The fourth-order valence-corrected chi connectivity index (χ4v) is 6.75. The van der Waals surface area contributed by atoms with Crippen LogP contribution in [0.25, 0.3) is 6.08 Å². The highest BCUT2D eigenvalue weighted by atomic mass is 35.5. The second-order valence-corrected chi connectivity index (χ2v) is 14.3. The van der Waals surface area contributed by atoms with Crippen molar-refractivity contribution in [2.75, 3.05) is 49.0 Å². The number of hydrazine groups is 2. The van der Waals surface area contributed by atoms with Crippen LogP contribution in [0, 0.1) is 5.82 Å². The first-order chi connectivity index (χ1) is 24.3. The number of nitrogens with one attached hydrogen (secondary N) is 3. The number of nitrogens with zero attached hydrogens (tertiary/aromatic N) is 5. The van der Waals surface area contributed by atoms with Gasteiger partial charge in [0.2, 0.25) is 5.91 Å². The number of ether oxygens (including phenoxy) is 1. The maximum Gasteiger partial charge on any atom is 0.338 e. The normalized spacial score (nSPS) is 18.7. The van der Waals surface area contributed by atoms with Crippen LogP contribution in [0.1, 0.15) is 60.3 Å². The quantitative estimate of drug-likeness (QED) is 0.215. The lowest BCUT2D eigenvalue weighted by Crippen LogP contribution is -2.45. The monoisotopic (exact) mass is 716 g/mol. The van der Waals surface area contributed by atoms with Crippen LogP contribution < -0.4 is 26.3 Å². The van der Waals surface area contributed by atoms with Gasteiger partial charge in [-0.15, -0.1) is 5.53 Å². The maximum atomic E-state index is 15.4. The standard InChI is InChI=1S/C37H42ClFN8O4/c1-37(2,3)51-36(50)23-9-11-24(12-10-23)41-35(49)34-27-7-6-8-30(45-19-17-25(21-45)44(4)5)26(27)18-20-46(34)32(48)16-13-28-31(47-22-40-42-43-47)15-14-29(38)33(28)39/h6-16,22,25,34,42-43H,17-21H2,1-5H3,(H,41,49)/b16-13+/t25-,34-/m0/s1. The summed E-state index contributed by atoms with van der Waals surface area (Å²) in [6, 6.07) is 14.7. The van der Waals surface area contributed by atoms with Gasteiger partial charge in [-0.05, 0) is 107 Å². The van der Waals surface area contributed by atoms with E-state index in [1.54, 1.807) is 51.1 Å². The summed E-state index contributed by atoms with van der Waals surface area (Å²) in [6.07, 6.45) is 5.58. The Morgan fingerprint density at radius 2 is 1.82 bits per heavy atom. The summed E-state index contributed by atoms with van der Waals surface area (Å²) in [5.41, 5.74) is 8.69. The number of likely N-dealkylation sites (N-methyl/N-ethyl adjacent to an activating group) is 1. The smallest absolute Gasteiger partial charge is 0.338 e. The van der Waals surface area contributed by atoms with Crippen molar-refractivity contribution in [3.05, 3.63) is 93.8 Å². The van der Waals surface area contributed by atoms with E-state index in [2.05, 4.69) is 51.4 Å². The Morgan fingerprint density at radius 1 is 1.06 bits per heavy atom. The molecule has 1 saturated heterocycles. The van der Waals surface area contributed by atoms with Gasteiger partial charge in [-0.2, -0.15) is 5.10 Å². The molecule has 0 saturated carbocycles. The average Bonchev–Trinajstić information content (AvgIpc) is 3.81. The van der Waals surface area contributed by atoms with E-state index in [9.17, 15) is 14.4 Å². The Kier molecular flexibility index (Phi) is 10.3. The van der Waals surface area contributed by atoms with Gasteiger partial charge < -0.3 is 24.8 Å². The van der Waals surface area contributed by atoms with Crippen molar-refractivity contribution in [1.82, 2.24) is 20.9 Å². The Morgan fingerprint density at radius 3 is 2.49 bits per heavy atom. The zero-order valence-electron chi connectivity index (χ0n) is 29.2. The first-order valence-corrected chi connectivity index (χ1v) is 17.2. The van der Waals surface area contributed by atoms with E-state index in [-0.39, 0.29) is 17.1 Å². The van der Waals surface area contributed by atoms with Crippen molar-refractivity contribution in [3.63, 3.8) is 0 Å². The Hall–Kier alpha value is -4.98. The summed E-state index contributed by atoms with van der Waals surface area (Å²) in [7, 11) is 4.16. The van der Waals surface area contributed by atoms with Gasteiger partial charge in [0.25, 0.3) is 5.91 Å². The van der Waals surface area contributed by atoms with E-state index < -0.39 is 35.2 Å². The molecule has 0 spiro atoms. The molecule has 0 bridgehead atoms. The van der Waals surface area contributed by atoms with Crippen LogP contribution in [-0.2, 0) is 20.7 Å². The number of rotatable bonds is 8. The lowest BCUT2D eigenvalue weighted by atomic mass is 9.90. The Balaban J connectivity index is 1.32. The Labute approximate surface area is 301 Å². The third-order valence-electron chi connectivity index (χ3n) is 9.12. The SMILES string of the molecule is CN(C)[C@H]1CCN(c2cccc3c2CCN(C(=O)/C=C/c2c(N4C=NNN4)ccc(Cl)c2F)[C@@H]3C(=O)Nc2ccc(C(=O)OC(C)(C)C)cc2)C1. The average molecular weight is 717 g/mol.